The summed E-state index contributed by atoms with van der Waals surface area (Å²) in [6.45, 7) is 2.84. The van der Waals surface area contributed by atoms with Gasteiger partial charge in [0.15, 0.2) is 5.13 Å². The van der Waals surface area contributed by atoms with Gasteiger partial charge in [-0.1, -0.05) is 0 Å². The second-order valence-corrected chi connectivity index (χ2v) is 6.11. The van der Waals surface area contributed by atoms with E-state index in [2.05, 4.69) is 15.6 Å². The van der Waals surface area contributed by atoms with Gasteiger partial charge in [0, 0.05) is 16.9 Å². The Bertz CT molecular complexity index is 623. The van der Waals surface area contributed by atoms with E-state index in [1.165, 1.54) is 11.3 Å². The van der Waals surface area contributed by atoms with Crippen LogP contribution in [-0.4, -0.2) is 31.6 Å². The molecule has 0 saturated carbocycles. The van der Waals surface area contributed by atoms with E-state index in [4.69, 9.17) is 4.74 Å². The Morgan fingerprint density at radius 1 is 1.32 bits per heavy atom. The van der Waals surface area contributed by atoms with Gasteiger partial charge in [0.1, 0.15) is 5.75 Å². The highest BCUT2D eigenvalue weighted by Gasteiger charge is 2.12. The third-order valence-electron chi connectivity index (χ3n) is 3.24. The molecule has 6 heteroatoms. The predicted octanol–water partition coefficient (Wildman–Crippen LogP) is 3.07. The summed E-state index contributed by atoms with van der Waals surface area (Å²) in [5, 5.41) is 6.55. The summed E-state index contributed by atoms with van der Waals surface area (Å²) < 4.78 is 5.16. The molecule has 0 bridgehead atoms. The summed E-state index contributed by atoms with van der Waals surface area (Å²) in [4.78, 5) is 17.5. The molecule has 0 aliphatic carbocycles. The normalized spacial score (nSPS) is 10.5. The van der Waals surface area contributed by atoms with Crippen LogP contribution in [0.25, 0.3) is 11.3 Å². The molecule has 0 unspecified atom stereocenters. The second-order valence-electron chi connectivity index (χ2n) is 4.91. The molecule has 0 atom stereocenters. The van der Waals surface area contributed by atoms with E-state index in [0.29, 0.717) is 11.6 Å². The van der Waals surface area contributed by atoms with E-state index >= 15 is 0 Å². The largest absolute Gasteiger partial charge is 0.497 e. The van der Waals surface area contributed by atoms with Crippen molar-refractivity contribution in [3.63, 3.8) is 0 Å². The zero-order chi connectivity index (χ0) is 15.9. The van der Waals surface area contributed by atoms with E-state index < -0.39 is 0 Å². The van der Waals surface area contributed by atoms with Crippen LogP contribution in [0, 0.1) is 6.92 Å². The van der Waals surface area contributed by atoms with Gasteiger partial charge in [-0.05, 0) is 51.2 Å². The number of hydrogen-bond acceptors (Lipinski definition) is 5. The fourth-order valence-electron chi connectivity index (χ4n) is 2.07. The van der Waals surface area contributed by atoms with Crippen LogP contribution in [0.1, 0.15) is 17.7 Å². The fourth-order valence-corrected chi connectivity index (χ4v) is 2.93. The van der Waals surface area contributed by atoms with Crippen LogP contribution in [0.2, 0.25) is 0 Å². The standard InChI is InChI=1S/C16H21N3O2S/c1-11-15(12-6-8-13(21-3)9-7-12)19-16(22-11)18-14(20)5-4-10-17-2/h6-9,17H,4-5,10H2,1-3H3,(H,18,19,20). The molecule has 0 fully saturated rings. The van der Waals surface area contributed by atoms with Gasteiger partial charge in [0.25, 0.3) is 0 Å². The number of thiazole rings is 1. The smallest absolute Gasteiger partial charge is 0.226 e. The van der Waals surface area contributed by atoms with E-state index in [-0.39, 0.29) is 5.91 Å². The lowest BCUT2D eigenvalue weighted by Gasteiger charge is -2.02. The Hall–Kier alpha value is -1.92. The lowest BCUT2D eigenvalue weighted by molar-refractivity contribution is -0.116. The number of anilines is 1. The summed E-state index contributed by atoms with van der Waals surface area (Å²) in [7, 11) is 3.52. The van der Waals surface area contributed by atoms with Crippen LogP contribution in [0.4, 0.5) is 5.13 Å². The summed E-state index contributed by atoms with van der Waals surface area (Å²) in [6, 6.07) is 7.76. The Morgan fingerprint density at radius 2 is 2.05 bits per heavy atom. The van der Waals surface area contributed by atoms with Gasteiger partial charge >= 0.3 is 0 Å². The molecule has 0 spiro atoms. The average Bonchev–Trinajstić information content (AvgIpc) is 2.88. The van der Waals surface area contributed by atoms with E-state index in [9.17, 15) is 4.79 Å². The molecule has 1 aromatic heterocycles. The maximum Gasteiger partial charge on any atom is 0.226 e. The topological polar surface area (TPSA) is 63.2 Å². The number of aromatic nitrogens is 1. The number of methoxy groups -OCH3 is 1. The van der Waals surface area contributed by atoms with Crippen LogP contribution >= 0.6 is 11.3 Å². The van der Waals surface area contributed by atoms with Crippen molar-refractivity contribution in [2.45, 2.75) is 19.8 Å². The van der Waals surface area contributed by atoms with Gasteiger partial charge in [0.2, 0.25) is 5.91 Å². The highest BCUT2D eigenvalue weighted by atomic mass is 32.1. The number of carbonyl (C=O) groups is 1. The number of hydrogen-bond donors (Lipinski definition) is 2. The van der Waals surface area contributed by atoms with Crippen LogP contribution in [0.5, 0.6) is 5.75 Å². The van der Waals surface area contributed by atoms with Gasteiger partial charge in [-0.2, -0.15) is 0 Å². The van der Waals surface area contributed by atoms with Crippen molar-refractivity contribution in [2.75, 3.05) is 26.0 Å². The zero-order valence-electron chi connectivity index (χ0n) is 13.1. The number of nitrogens with one attached hydrogen (secondary N) is 2. The molecule has 1 amide bonds. The molecule has 5 nitrogen and oxygen atoms in total. The SMILES string of the molecule is CNCCCC(=O)Nc1nc(-c2ccc(OC)cc2)c(C)s1. The minimum Gasteiger partial charge on any atom is -0.497 e. The minimum atomic E-state index is 0.00489. The quantitative estimate of drug-likeness (QED) is 0.770. The van der Waals surface area contributed by atoms with Gasteiger partial charge in [0.05, 0.1) is 12.8 Å². The third-order valence-corrected chi connectivity index (χ3v) is 4.12. The van der Waals surface area contributed by atoms with Crippen LogP contribution in [0.3, 0.4) is 0 Å². The number of rotatable bonds is 7. The maximum atomic E-state index is 11.8. The molecule has 2 rings (SSSR count). The zero-order valence-corrected chi connectivity index (χ0v) is 13.9. The van der Waals surface area contributed by atoms with Crippen LogP contribution in [-0.2, 0) is 4.79 Å². The highest BCUT2D eigenvalue weighted by Crippen LogP contribution is 2.31. The molecule has 0 radical (unpaired) electrons. The lowest BCUT2D eigenvalue weighted by atomic mass is 10.1. The van der Waals surface area contributed by atoms with Gasteiger partial charge in [-0.15, -0.1) is 11.3 Å². The predicted molar refractivity (Wildman–Crippen MR) is 90.6 cm³/mol. The fraction of sp³-hybridized carbons (Fsp3) is 0.375. The molecule has 2 aromatic rings. The summed E-state index contributed by atoms with van der Waals surface area (Å²) in [5.74, 6) is 0.819. The minimum absolute atomic E-state index is 0.00489. The van der Waals surface area contributed by atoms with Crippen LogP contribution < -0.4 is 15.4 Å². The molecule has 1 heterocycles. The Morgan fingerprint density at radius 3 is 2.68 bits per heavy atom. The first kappa shape index (κ1) is 16.5. The second kappa shape index (κ2) is 7.91. The van der Waals surface area contributed by atoms with Crippen molar-refractivity contribution < 1.29 is 9.53 Å². The number of amides is 1. The van der Waals surface area contributed by atoms with Gasteiger partial charge < -0.3 is 15.4 Å². The molecule has 0 saturated heterocycles. The Balaban J connectivity index is 2.05. The molecular formula is C16H21N3O2S. The lowest BCUT2D eigenvalue weighted by Crippen LogP contribution is -2.15. The summed E-state index contributed by atoms with van der Waals surface area (Å²) in [5.41, 5.74) is 1.92. The van der Waals surface area contributed by atoms with E-state index in [0.717, 1.165) is 34.8 Å². The van der Waals surface area contributed by atoms with Crippen molar-refractivity contribution >= 4 is 22.4 Å². The van der Waals surface area contributed by atoms with Crippen molar-refractivity contribution in [2.24, 2.45) is 0 Å². The summed E-state index contributed by atoms with van der Waals surface area (Å²) >= 11 is 1.50. The van der Waals surface area contributed by atoms with Gasteiger partial charge in [-0.25, -0.2) is 4.98 Å². The van der Waals surface area contributed by atoms with Crippen molar-refractivity contribution in [3.8, 4) is 17.0 Å². The Labute approximate surface area is 134 Å². The summed E-state index contributed by atoms with van der Waals surface area (Å²) in [6.07, 6.45) is 1.31. The molecule has 0 aliphatic rings. The molecule has 118 valence electrons. The first-order valence-electron chi connectivity index (χ1n) is 7.20. The molecule has 2 N–H and O–H groups in total. The maximum absolute atomic E-state index is 11.8. The number of aryl methyl sites for hydroxylation is 1. The highest BCUT2D eigenvalue weighted by molar-refractivity contribution is 7.16. The first-order valence-corrected chi connectivity index (χ1v) is 8.02. The Kier molecular flexibility index (Phi) is 5.91. The molecule has 1 aromatic carbocycles. The number of nitrogens with zero attached hydrogens (tertiary/aromatic N) is 1. The van der Waals surface area contributed by atoms with Crippen molar-refractivity contribution in [3.05, 3.63) is 29.1 Å². The number of ether oxygens (including phenoxy) is 1. The van der Waals surface area contributed by atoms with Crippen molar-refractivity contribution in [1.29, 1.82) is 0 Å². The molecular weight excluding hydrogens is 298 g/mol. The third kappa shape index (κ3) is 4.29. The number of benzene rings is 1. The number of carbonyl (C=O) groups excluding carboxylic acids is 1. The monoisotopic (exact) mass is 319 g/mol. The first-order chi connectivity index (χ1) is 10.6. The van der Waals surface area contributed by atoms with E-state index in [1.54, 1.807) is 7.11 Å². The van der Waals surface area contributed by atoms with Gasteiger partial charge in [-0.3, -0.25) is 4.79 Å². The molecule has 0 aliphatic heterocycles. The van der Waals surface area contributed by atoms with Crippen LogP contribution in [0.15, 0.2) is 24.3 Å². The average molecular weight is 319 g/mol. The van der Waals surface area contributed by atoms with E-state index in [1.807, 2.05) is 38.2 Å². The van der Waals surface area contributed by atoms with Crippen molar-refractivity contribution in [1.82, 2.24) is 10.3 Å². The molecule has 22 heavy (non-hydrogen) atoms.